The first-order chi connectivity index (χ1) is 9.07. The van der Waals surface area contributed by atoms with Gasteiger partial charge in [0.1, 0.15) is 0 Å². The van der Waals surface area contributed by atoms with Gasteiger partial charge in [0, 0.05) is 10.5 Å². The van der Waals surface area contributed by atoms with Gasteiger partial charge in [-0.15, -0.1) is 0 Å². The van der Waals surface area contributed by atoms with E-state index in [2.05, 4.69) is 26.0 Å². The number of hydrogen-bond donors (Lipinski definition) is 2. The summed E-state index contributed by atoms with van der Waals surface area (Å²) in [6.07, 6.45) is 4.12. The second-order valence-electron chi connectivity index (χ2n) is 4.84. The second kappa shape index (κ2) is 6.72. The Hall–Kier alpha value is -0.590. The quantitative estimate of drug-likeness (QED) is 0.861. The molecule has 0 aliphatic carbocycles. The molecule has 1 aromatic carbocycles. The Labute approximate surface area is 123 Å². The average molecular weight is 347 g/mol. The van der Waals surface area contributed by atoms with Gasteiger partial charge in [0.2, 0.25) is 10.0 Å². The summed E-state index contributed by atoms with van der Waals surface area (Å²) in [6, 6.07) is 7.57. The Kier molecular flexibility index (Phi) is 5.24. The summed E-state index contributed by atoms with van der Waals surface area (Å²) in [5.41, 5.74) is 0.596. The van der Waals surface area contributed by atoms with Crippen molar-refractivity contribution in [3.63, 3.8) is 0 Å². The zero-order chi connectivity index (χ0) is 13.7. The number of para-hydroxylation sites is 1. The van der Waals surface area contributed by atoms with Crippen LogP contribution < -0.4 is 10.0 Å². The van der Waals surface area contributed by atoms with Crippen LogP contribution in [0.4, 0.5) is 5.69 Å². The molecule has 0 spiro atoms. The van der Waals surface area contributed by atoms with E-state index >= 15 is 0 Å². The van der Waals surface area contributed by atoms with E-state index in [9.17, 15) is 8.42 Å². The molecule has 4 nitrogen and oxygen atoms in total. The largest absolute Gasteiger partial charge is 0.314 e. The topological polar surface area (TPSA) is 58.2 Å². The molecule has 1 aliphatic rings. The van der Waals surface area contributed by atoms with Crippen molar-refractivity contribution in [1.82, 2.24) is 5.32 Å². The minimum Gasteiger partial charge on any atom is -0.314 e. The lowest BCUT2D eigenvalue weighted by atomic mass is 10.0. The molecule has 1 unspecified atom stereocenters. The van der Waals surface area contributed by atoms with Gasteiger partial charge in [-0.05, 0) is 53.9 Å². The molecule has 0 amide bonds. The Morgan fingerprint density at radius 2 is 2.11 bits per heavy atom. The Morgan fingerprint density at radius 3 is 2.79 bits per heavy atom. The van der Waals surface area contributed by atoms with E-state index in [4.69, 9.17) is 0 Å². The first-order valence-corrected chi connectivity index (χ1v) is 9.00. The van der Waals surface area contributed by atoms with Crippen LogP contribution in [0.25, 0.3) is 0 Å². The molecule has 0 saturated carbocycles. The third kappa shape index (κ3) is 4.78. The maximum atomic E-state index is 12.0. The Bertz CT molecular complexity index is 513. The molecule has 6 heteroatoms. The Balaban J connectivity index is 1.90. The van der Waals surface area contributed by atoms with E-state index in [1.54, 1.807) is 6.07 Å². The monoisotopic (exact) mass is 346 g/mol. The van der Waals surface area contributed by atoms with Crippen LogP contribution in [0.2, 0.25) is 0 Å². The summed E-state index contributed by atoms with van der Waals surface area (Å²) in [6.45, 7) is 1.00. The highest BCUT2D eigenvalue weighted by molar-refractivity contribution is 9.10. The van der Waals surface area contributed by atoms with E-state index in [0.29, 0.717) is 18.2 Å². The van der Waals surface area contributed by atoms with Gasteiger partial charge in [0.15, 0.2) is 0 Å². The smallest absolute Gasteiger partial charge is 0.232 e. The highest BCUT2D eigenvalue weighted by Crippen LogP contribution is 2.22. The zero-order valence-electron chi connectivity index (χ0n) is 10.7. The minimum absolute atomic E-state index is 0.159. The van der Waals surface area contributed by atoms with Crippen molar-refractivity contribution in [2.45, 2.75) is 31.7 Å². The highest BCUT2D eigenvalue weighted by Gasteiger charge is 2.17. The fraction of sp³-hybridized carbons (Fsp3) is 0.538. The SMILES string of the molecule is O=S(=O)(CCC1CCCCN1)Nc1ccccc1Br. The molecule has 2 rings (SSSR count). The van der Waals surface area contributed by atoms with Crippen molar-refractivity contribution in [2.24, 2.45) is 0 Å². The number of hydrogen-bond acceptors (Lipinski definition) is 3. The first-order valence-electron chi connectivity index (χ1n) is 6.55. The Morgan fingerprint density at radius 1 is 1.32 bits per heavy atom. The normalized spacial score (nSPS) is 20.2. The summed E-state index contributed by atoms with van der Waals surface area (Å²) >= 11 is 3.34. The van der Waals surface area contributed by atoms with Gasteiger partial charge in [-0.25, -0.2) is 8.42 Å². The molecule has 0 radical (unpaired) electrons. The van der Waals surface area contributed by atoms with Gasteiger partial charge in [-0.2, -0.15) is 0 Å². The number of rotatable bonds is 5. The van der Waals surface area contributed by atoms with E-state index in [0.717, 1.165) is 17.4 Å². The number of nitrogens with one attached hydrogen (secondary N) is 2. The fourth-order valence-electron chi connectivity index (χ4n) is 2.23. The predicted octanol–water partition coefficient (Wildman–Crippen LogP) is 2.72. The molecule has 1 saturated heterocycles. The molecule has 106 valence electrons. The molecule has 1 aliphatic heterocycles. The van der Waals surface area contributed by atoms with Crippen LogP contribution in [0.15, 0.2) is 28.7 Å². The maximum absolute atomic E-state index is 12.0. The van der Waals surface area contributed by atoms with Crippen molar-refractivity contribution in [3.05, 3.63) is 28.7 Å². The fourth-order valence-corrected chi connectivity index (χ4v) is 3.96. The molecular weight excluding hydrogens is 328 g/mol. The lowest BCUT2D eigenvalue weighted by Crippen LogP contribution is -2.36. The lowest BCUT2D eigenvalue weighted by Gasteiger charge is -2.23. The van der Waals surface area contributed by atoms with Crippen molar-refractivity contribution in [1.29, 1.82) is 0 Å². The summed E-state index contributed by atoms with van der Waals surface area (Å²) in [4.78, 5) is 0. The third-order valence-corrected chi connectivity index (χ3v) is 5.28. The van der Waals surface area contributed by atoms with Crippen molar-refractivity contribution in [2.75, 3.05) is 17.0 Å². The molecule has 0 aromatic heterocycles. The molecule has 1 heterocycles. The van der Waals surface area contributed by atoms with Crippen molar-refractivity contribution < 1.29 is 8.42 Å². The maximum Gasteiger partial charge on any atom is 0.232 e. The van der Waals surface area contributed by atoms with E-state index in [1.165, 1.54) is 12.8 Å². The molecule has 19 heavy (non-hydrogen) atoms. The van der Waals surface area contributed by atoms with Gasteiger partial charge in [-0.3, -0.25) is 4.72 Å². The van der Waals surface area contributed by atoms with Crippen LogP contribution in [0.3, 0.4) is 0 Å². The van der Waals surface area contributed by atoms with Crippen LogP contribution in [0.5, 0.6) is 0 Å². The average Bonchev–Trinajstić information content (AvgIpc) is 2.40. The van der Waals surface area contributed by atoms with Crippen molar-refractivity contribution in [3.8, 4) is 0 Å². The van der Waals surface area contributed by atoms with Crippen LogP contribution >= 0.6 is 15.9 Å². The highest BCUT2D eigenvalue weighted by atomic mass is 79.9. The van der Waals surface area contributed by atoms with E-state index in [1.807, 2.05) is 18.2 Å². The molecule has 1 atom stereocenters. The number of sulfonamides is 1. The van der Waals surface area contributed by atoms with Crippen LogP contribution in [0.1, 0.15) is 25.7 Å². The summed E-state index contributed by atoms with van der Waals surface area (Å²) in [7, 11) is -3.28. The number of piperidine rings is 1. The molecule has 2 N–H and O–H groups in total. The predicted molar refractivity (Wildman–Crippen MR) is 81.8 cm³/mol. The molecular formula is C13H19BrN2O2S. The molecule has 1 fully saturated rings. The van der Waals surface area contributed by atoms with Gasteiger partial charge < -0.3 is 5.32 Å². The third-order valence-electron chi connectivity index (χ3n) is 3.29. The summed E-state index contributed by atoms with van der Waals surface area (Å²) in [5, 5.41) is 3.37. The van der Waals surface area contributed by atoms with Crippen LogP contribution in [-0.4, -0.2) is 26.8 Å². The zero-order valence-corrected chi connectivity index (χ0v) is 13.1. The standard InChI is InChI=1S/C13H19BrN2O2S/c14-12-6-1-2-7-13(12)16-19(17,18)10-8-11-5-3-4-9-15-11/h1-2,6-7,11,15-16H,3-5,8-10H2. The van der Waals surface area contributed by atoms with Gasteiger partial charge in [0.25, 0.3) is 0 Å². The summed E-state index contributed by atoms with van der Waals surface area (Å²) in [5.74, 6) is 0.159. The van der Waals surface area contributed by atoms with Crippen molar-refractivity contribution >= 4 is 31.6 Å². The minimum atomic E-state index is -3.28. The van der Waals surface area contributed by atoms with E-state index in [-0.39, 0.29) is 5.75 Å². The summed E-state index contributed by atoms with van der Waals surface area (Å²) < 4.78 is 27.5. The van der Waals surface area contributed by atoms with Gasteiger partial charge in [0.05, 0.1) is 11.4 Å². The molecule has 1 aromatic rings. The van der Waals surface area contributed by atoms with Crippen LogP contribution in [-0.2, 0) is 10.0 Å². The first kappa shape index (κ1) is 14.8. The lowest BCUT2D eigenvalue weighted by molar-refractivity contribution is 0.393. The number of halogens is 1. The van der Waals surface area contributed by atoms with Gasteiger partial charge in [-0.1, -0.05) is 18.6 Å². The van der Waals surface area contributed by atoms with Crippen LogP contribution in [0, 0.1) is 0 Å². The van der Waals surface area contributed by atoms with E-state index < -0.39 is 10.0 Å². The molecule has 0 bridgehead atoms. The van der Waals surface area contributed by atoms with Gasteiger partial charge >= 0.3 is 0 Å². The number of anilines is 1. The number of benzene rings is 1. The second-order valence-corrected chi connectivity index (χ2v) is 7.53.